The van der Waals surface area contributed by atoms with Gasteiger partial charge in [-0.1, -0.05) is 24.3 Å². The van der Waals surface area contributed by atoms with Crippen molar-refractivity contribution in [3.8, 4) is 5.75 Å². The number of carbonyl (C=O) groups is 1. The lowest BCUT2D eigenvalue weighted by molar-refractivity contribution is 0.242. The average Bonchev–Trinajstić information content (AvgIpc) is 2.52. The predicted molar refractivity (Wildman–Crippen MR) is 94.3 cm³/mol. The van der Waals surface area contributed by atoms with Crippen molar-refractivity contribution in [2.45, 2.75) is 20.8 Å². The van der Waals surface area contributed by atoms with E-state index in [0.29, 0.717) is 19.7 Å². The van der Waals surface area contributed by atoms with Gasteiger partial charge in [-0.15, -0.1) is 0 Å². The molecule has 0 heterocycles. The minimum atomic E-state index is -0.106. The first-order valence-electron chi connectivity index (χ1n) is 7.91. The molecule has 2 aromatic carbocycles. The zero-order valence-electron chi connectivity index (χ0n) is 14.0. The van der Waals surface area contributed by atoms with E-state index < -0.39 is 0 Å². The van der Waals surface area contributed by atoms with Crippen LogP contribution in [0, 0.1) is 13.8 Å². The van der Waals surface area contributed by atoms with Gasteiger partial charge in [0, 0.05) is 12.2 Å². The van der Waals surface area contributed by atoms with Gasteiger partial charge in [-0.2, -0.15) is 0 Å². The standard InChI is InChI=1S/C19H24N2O2/c1-4-21(17-9-5-7-15(2)13-17)19(22)20-11-12-23-18-10-6-8-16(3)14-18/h5-10,13-14H,4,11-12H2,1-3H3,(H,20,22). The highest BCUT2D eigenvalue weighted by Crippen LogP contribution is 2.16. The van der Waals surface area contributed by atoms with E-state index in [0.717, 1.165) is 22.6 Å². The number of amides is 2. The number of rotatable bonds is 6. The summed E-state index contributed by atoms with van der Waals surface area (Å²) in [5.74, 6) is 0.824. The monoisotopic (exact) mass is 312 g/mol. The fourth-order valence-electron chi connectivity index (χ4n) is 2.37. The first-order valence-corrected chi connectivity index (χ1v) is 7.91. The van der Waals surface area contributed by atoms with E-state index in [1.807, 2.05) is 69.3 Å². The number of carbonyl (C=O) groups excluding carboxylic acids is 1. The highest BCUT2D eigenvalue weighted by atomic mass is 16.5. The number of nitrogens with one attached hydrogen (secondary N) is 1. The van der Waals surface area contributed by atoms with Crippen LogP contribution in [0.1, 0.15) is 18.1 Å². The van der Waals surface area contributed by atoms with Gasteiger partial charge in [0.2, 0.25) is 0 Å². The first kappa shape index (κ1) is 16.9. The van der Waals surface area contributed by atoms with Gasteiger partial charge in [0.1, 0.15) is 12.4 Å². The summed E-state index contributed by atoms with van der Waals surface area (Å²) in [7, 11) is 0. The van der Waals surface area contributed by atoms with E-state index in [1.54, 1.807) is 4.90 Å². The van der Waals surface area contributed by atoms with Crippen LogP contribution in [0.2, 0.25) is 0 Å². The van der Waals surface area contributed by atoms with Crippen LogP contribution in [0.25, 0.3) is 0 Å². The summed E-state index contributed by atoms with van der Waals surface area (Å²) in [6.45, 7) is 7.54. The topological polar surface area (TPSA) is 41.6 Å². The predicted octanol–water partition coefficient (Wildman–Crippen LogP) is 3.92. The Kier molecular flexibility index (Phi) is 6.03. The van der Waals surface area contributed by atoms with E-state index in [9.17, 15) is 4.79 Å². The van der Waals surface area contributed by atoms with Crippen molar-refractivity contribution in [2.24, 2.45) is 0 Å². The Bertz CT molecular complexity index is 655. The SMILES string of the molecule is CCN(C(=O)NCCOc1cccc(C)c1)c1cccc(C)c1. The van der Waals surface area contributed by atoms with E-state index >= 15 is 0 Å². The Morgan fingerprint density at radius 1 is 1.09 bits per heavy atom. The molecule has 0 aromatic heterocycles. The third-order valence-corrected chi connectivity index (χ3v) is 3.51. The van der Waals surface area contributed by atoms with Crippen LogP contribution in [0.15, 0.2) is 48.5 Å². The van der Waals surface area contributed by atoms with Crippen molar-refractivity contribution in [2.75, 3.05) is 24.6 Å². The van der Waals surface area contributed by atoms with Crippen LogP contribution >= 0.6 is 0 Å². The summed E-state index contributed by atoms with van der Waals surface area (Å²) in [6.07, 6.45) is 0. The van der Waals surface area contributed by atoms with E-state index in [-0.39, 0.29) is 6.03 Å². The van der Waals surface area contributed by atoms with Crippen molar-refractivity contribution in [3.05, 3.63) is 59.7 Å². The number of hydrogen-bond acceptors (Lipinski definition) is 2. The smallest absolute Gasteiger partial charge is 0.321 e. The van der Waals surface area contributed by atoms with E-state index in [2.05, 4.69) is 5.32 Å². The third kappa shape index (κ3) is 5.02. The van der Waals surface area contributed by atoms with Crippen molar-refractivity contribution in [1.29, 1.82) is 0 Å². The van der Waals surface area contributed by atoms with Crippen molar-refractivity contribution >= 4 is 11.7 Å². The minimum absolute atomic E-state index is 0.106. The maximum absolute atomic E-state index is 12.3. The van der Waals surface area contributed by atoms with Crippen LogP contribution in [-0.4, -0.2) is 25.7 Å². The Labute approximate surface area is 138 Å². The average molecular weight is 312 g/mol. The summed E-state index contributed by atoms with van der Waals surface area (Å²) in [5, 5.41) is 2.90. The molecule has 2 amide bonds. The van der Waals surface area contributed by atoms with E-state index in [4.69, 9.17) is 4.74 Å². The zero-order chi connectivity index (χ0) is 16.7. The van der Waals surface area contributed by atoms with Crippen LogP contribution in [0.3, 0.4) is 0 Å². The van der Waals surface area contributed by atoms with Crippen molar-refractivity contribution in [3.63, 3.8) is 0 Å². The van der Waals surface area contributed by atoms with Crippen LogP contribution in [-0.2, 0) is 0 Å². The fraction of sp³-hybridized carbons (Fsp3) is 0.316. The van der Waals surface area contributed by atoms with Gasteiger partial charge in [-0.25, -0.2) is 4.79 Å². The molecule has 2 aromatic rings. The summed E-state index contributed by atoms with van der Waals surface area (Å²) in [4.78, 5) is 14.0. The van der Waals surface area contributed by atoms with Gasteiger partial charge in [-0.3, -0.25) is 4.90 Å². The fourth-order valence-corrected chi connectivity index (χ4v) is 2.37. The summed E-state index contributed by atoms with van der Waals surface area (Å²) in [6, 6.07) is 15.7. The van der Waals surface area contributed by atoms with Crippen LogP contribution < -0.4 is 15.0 Å². The Balaban J connectivity index is 1.83. The largest absolute Gasteiger partial charge is 0.492 e. The number of hydrogen-bond donors (Lipinski definition) is 1. The molecule has 0 saturated carbocycles. The van der Waals surface area contributed by atoms with Crippen molar-refractivity contribution in [1.82, 2.24) is 5.32 Å². The number of aryl methyl sites for hydroxylation is 2. The zero-order valence-corrected chi connectivity index (χ0v) is 14.0. The second kappa shape index (κ2) is 8.22. The van der Waals surface area contributed by atoms with Gasteiger partial charge in [0.05, 0.1) is 6.54 Å². The van der Waals surface area contributed by atoms with E-state index in [1.165, 1.54) is 0 Å². The second-order valence-corrected chi connectivity index (χ2v) is 5.48. The number of benzene rings is 2. The molecule has 2 rings (SSSR count). The molecule has 0 unspecified atom stereocenters. The third-order valence-electron chi connectivity index (χ3n) is 3.51. The molecule has 0 saturated heterocycles. The Morgan fingerprint density at radius 3 is 2.43 bits per heavy atom. The molecule has 23 heavy (non-hydrogen) atoms. The Hall–Kier alpha value is -2.49. The molecule has 0 bridgehead atoms. The minimum Gasteiger partial charge on any atom is -0.492 e. The summed E-state index contributed by atoms with van der Waals surface area (Å²) < 4.78 is 5.64. The van der Waals surface area contributed by atoms with Gasteiger partial charge >= 0.3 is 6.03 Å². The highest BCUT2D eigenvalue weighted by molar-refractivity contribution is 5.91. The highest BCUT2D eigenvalue weighted by Gasteiger charge is 2.13. The molecule has 0 aliphatic carbocycles. The lowest BCUT2D eigenvalue weighted by Gasteiger charge is -2.22. The number of urea groups is 1. The van der Waals surface area contributed by atoms with Crippen molar-refractivity contribution < 1.29 is 9.53 Å². The molecule has 0 radical (unpaired) electrons. The van der Waals surface area contributed by atoms with Gasteiger partial charge in [-0.05, 0) is 56.2 Å². The normalized spacial score (nSPS) is 10.2. The quantitative estimate of drug-likeness (QED) is 0.821. The lowest BCUT2D eigenvalue weighted by atomic mass is 10.2. The summed E-state index contributed by atoms with van der Waals surface area (Å²) in [5.41, 5.74) is 3.20. The molecular weight excluding hydrogens is 288 g/mol. The van der Waals surface area contributed by atoms with Crippen LogP contribution in [0.5, 0.6) is 5.75 Å². The summed E-state index contributed by atoms with van der Waals surface area (Å²) >= 11 is 0. The Morgan fingerprint density at radius 2 is 1.78 bits per heavy atom. The first-order chi connectivity index (χ1) is 11.1. The number of anilines is 1. The lowest BCUT2D eigenvalue weighted by Crippen LogP contribution is -2.41. The molecule has 0 fully saturated rings. The number of ether oxygens (including phenoxy) is 1. The molecule has 1 N–H and O–H groups in total. The number of nitrogens with zero attached hydrogens (tertiary/aromatic N) is 1. The molecule has 0 aliphatic rings. The maximum Gasteiger partial charge on any atom is 0.321 e. The van der Waals surface area contributed by atoms with Gasteiger partial charge in [0.25, 0.3) is 0 Å². The molecule has 0 aliphatic heterocycles. The molecule has 4 heteroatoms. The maximum atomic E-state index is 12.3. The molecule has 4 nitrogen and oxygen atoms in total. The van der Waals surface area contributed by atoms with Crippen LogP contribution in [0.4, 0.5) is 10.5 Å². The molecule has 0 spiro atoms. The molecule has 0 atom stereocenters. The molecular formula is C19H24N2O2. The second-order valence-electron chi connectivity index (χ2n) is 5.48. The van der Waals surface area contributed by atoms with Gasteiger partial charge < -0.3 is 10.1 Å². The van der Waals surface area contributed by atoms with Gasteiger partial charge in [0.15, 0.2) is 0 Å². The molecule has 122 valence electrons.